The fraction of sp³-hybridized carbons (Fsp3) is 0.538. The number of benzene rings is 1. The van der Waals surface area contributed by atoms with Crippen LogP contribution in [0, 0.1) is 6.92 Å². The highest BCUT2D eigenvalue weighted by Gasteiger charge is 2.04. The van der Waals surface area contributed by atoms with Crippen LogP contribution in [0.25, 0.3) is 0 Å². The van der Waals surface area contributed by atoms with Crippen molar-refractivity contribution in [1.82, 2.24) is 0 Å². The van der Waals surface area contributed by atoms with Crippen molar-refractivity contribution in [3.05, 3.63) is 29.3 Å². The third-order valence-electron chi connectivity index (χ3n) is 2.41. The molecule has 1 nitrogen and oxygen atoms in total. The number of halogens is 1. The maximum absolute atomic E-state index is 5.59. The molecule has 1 aromatic rings. The molecule has 2 heteroatoms. The van der Waals surface area contributed by atoms with Crippen LogP contribution >= 0.6 is 11.6 Å². The van der Waals surface area contributed by atoms with Crippen LogP contribution in [0.5, 0.6) is 5.75 Å². The molecule has 1 aromatic carbocycles. The molecule has 0 spiro atoms. The summed E-state index contributed by atoms with van der Waals surface area (Å²) in [5.74, 6) is 2.17. The van der Waals surface area contributed by atoms with Crippen LogP contribution < -0.4 is 4.74 Å². The van der Waals surface area contributed by atoms with E-state index in [-0.39, 0.29) is 0 Å². The molecule has 84 valence electrons. The summed E-state index contributed by atoms with van der Waals surface area (Å²) in [7, 11) is 0. The van der Waals surface area contributed by atoms with Crippen LogP contribution in [0.2, 0.25) is 0 Å². The highest BCUT2D eigenvalue weighted by Crippen LogP contribution is 2.23. The summed E-state index contributed by atoms with van der Waals surface area (Å²) in [6, 6.07) is 6.29. The number of alkyl halides is 1. The summed E-state index contributed by atoms with van der Waals surface area (Å²) in [5.41, 5.74) is 2.69. The Kier molecular flexibility index (Phi) is 4.97. The summed E-state index contributed by atoms with van der Waals surface area (Å²) in [6.07, 6.45) is 0.895. The van der Waals surface area contributed by atoms with Crippen LogP contribution in [0.3, 0.4) is 0 Å². The second-order valence-corrected chi connectivity index (χ2v) is 4.44. The van der Waals surface area contributed by atoms with Gasteiger partial charge < -0.3 is 4.74 Å². The molecular formula is C13H19ClO. The van der Waals surface area contributed by atoms with Gasteiger partial charge in [0.25, 0.3) is 0 Å². The molecule has 0 radical (unpaired) electrons. The molecule has 0 heterocycles. The van der Waals surface area contributed by atoms with Gasteiger partial charge in [-0.2, -0.15) is 0 Å². The van der Waals surface area contributed by atoms with Crippen molar-refractivity contribution < 1.29 is 4.74 Å². The Morgan fingerprint density at radius 1 is 1.33 bits per heavy atom. The van der Waals surface area contributed by atoms with Crippen LogP contribution in [0.1, 0.15) is 37.3 Å². The zero-order valence-electron chi connectivity index (χ0n) is 9.72. The van der Waals surface area contributed by atoms with E-state index < -0.39 is 0 Å². The summed E-state index contributed by atoms with van der Waals surface area (Å²) in [4.78, 5) is 0. The Morgan fingerprint density at radius 3 is 2.60 bits per heavy atom. The quantitative estimate of drug-likeness (QED) is 0.542. The maximum Gasteiger partial charge on any atom is 0.119 e. The van der Waals surface area contributed by atoms with E-state index in [2.05, 4.69) is 32.9 Å². The minimum absolute atomic E-state index is 0.571. The molecule has 0 aliphatic carbocycles. The first-order valence-corrected chi connectivity index (χ1v) is 5.98. The number of aryl methyl sites for hydroxylation is 1. The lowest BCUT2D eigenvalue weighted by Crippen LogP contribution is -1.99. The van der Waals surface area contributed by atoms with E-state index in [9.17, 15) is 0 Å². The molecule has 0 aromatic heterocycles. The average Bonchev–Trinajstić information content (AvgIpc) is 2.17. The molecule has 0 saturated heterocycles. The van der Waals surface area contributed by atoms with Crippen LogP contribution in [-0.4, -0.2) is 12.5 Å². The first kappa shape index (κ1) is 12.4. The summed E-state index contributed by atoms with van der Waals surface area (Å²) < 4.78 is 5.58. The zero-order valence-corrected chi connectivity index (χ0v) is 10.5. The van der Waals surface area contributed by atoms with Gasteiger partial charge in [0.1, 0.15) is 5.75 Å². The molecule has 1 rings (SSSR count). The van der Waals surface area contributed by atoms with Gasteiger partial charge in [0.05, 0.1) is 6.61 Å². The fourth-order valence-corrected chi connectivity index (χ4v) is 1.74. The summed E-state index contributed by atoms with van der Waals surface area (Å²) in [6.45, 7) is 7.24. The number of hydrogen-bond donors (Lipinski definition) is 0. The molecule has 0 atom stereocenters. The first-order chi connectivity index (χ1) is 7.15. The predicted octanol–water partition coefficient (Wildman–Crippen LogP) is 4.13. The van der Waals surface area contributed by atoms with E-state index in [1.54, 1.807) is 0 Å². The second kappa shape index (κ2) is 6.02. The van der Waals surface area contributed by atoms with Crippen molar-refractivity contribution in [3.63, 3.8) is 0 Å². The Hall–Kier alpha value is -0.690. The largest absolute Gasteiger partial charge is 0.494 e. The minimum atomic E-state index is 0.571. The molecule has 0 aliphatic heterocycles. The molecule has 0 bridgehead atoms. The number of hydrogen-bond acceptors (Lipinski definition) is 1. The van der Waals surface area contributed by atoms with E-state index in [1.165, 1.54) is 11.1 Å². The zero-order chi connectivity index (χ0) is 11.3. The van der Waals surface area contributed by atoms with Crippen LogP contribution in [0.15, 0.2) is 18.2 Å². The minimum Gasteiger partial charge on any atom is -0.494 e. The normalized spacial score (nSPS) is 10.7. The molecule has 0 fully saturated rings. The predicted molar refractivity (Wildman–Crippen MR) is 66.1 cm³/mol. The SMILES string of the molecule is Cc1cc(OCCCCl)ccc1C(C)C. The van der Waals surface area contributed by atoms with Gasteiger partial charge in [-0.3, -0.25) is 0 Å². The first-order valence-electron chi connectivity index (χ1n) is 5.44. The number of rotatable bonds is 5. The third kappa shape index (κ3) is 3.75. The Balaban J connectivity index is 2.65. The van der Waals surface area contributed by atoms with Crippen molar-refractivity contribution in [2.45, 2.75) is 33.1 Å². The molecule has 0 N–H and O–H groups in total. The van der Waals surface area contributed by atoms with Gasteiger partial charge in [-0.15, -0.1) is 11.6 Å². The number of ether oxygens (including phenoxy) is 1. The third-order valence-corrected chi connectivity index (χ3v) is 2.68. The highest BCUT2D eigenvalue weighted by atomic mass is 35.5. The lowest BCUT2D eigenvalue weighted by atomic mass is 9.98. The van der Waals surface area contributed by atoms with Crippen molar-refractivity contribution in [2.75, 3.05) is 12.5 Å². The van der Waals surface area contributed by atoms with E-state index in [4.69, 9.17) is 16.3 Å². The van der Waals surface area contributed by atoms with Gasteiger partial charge in [0, 0.05) is 5.88 Å². The smallest absolute Gasteiger partial charge is 0.119 e. The molecule has 0 unspecified atom stereocenters. The van der Waals surface area contributed by atoms with Crippen molar-refractivity contribution >= 4 is 11.6 Å². The van der Waals surface area contributed by atoms with E-state index in [0.29, 0.717) is 18.4 Å². The molecular weight excluding hydrogens is 208 g/mol. The Morgan fingerprint density at radius 2 is 2.07 bits per heavy atom. The summed E-state index contributed by atoms with van der Waals surface area (Å²) >= 11 is 5.59. The monoisotopic (exact) mass is 226 g/mol. The lowest BCUT2D eigenvalue weighted by molar-refractivity contribution is 0.318. The van der Waals surface area contributed by atoms with Gasteiger partial charge >= 0.3 is 0 Å². The Bertz CT molecular complexity index is 307. The van der Waals surface area contributed by atoms with Crippen LogP contribution in [-0.2, 0) is 0 Å². The van der Waals surface area contributed by atoms with E-state index in [0.717, 1.165) is 12.2 Å². The molecule has 0 saturated carbocycles. The fourth-order valence-electron chi connectivity index (χ4n) is 1.63. The van der Waals surface area contributed by atoms with Crippen molar-refractivity contribution in [1.29, 1.82) is 0 Å². The Labute approximate surface area is 97.4 Å². The van der Waals surface area contributed by atoms with Gasteiger partial charge in [0.15, 0.2) is 0 Å². The average molecular weight is 227 g/mol. The maximum atomic E-state index is 5.59. The summed E-state index contributed by atoms with van der Waals surface area (Å²) in [5, 5.41) is 0. The van der Waals surface area contributed by atoms with Crippen LogP contribution in [0.4, 0.5) is 0 Å². The van der Waals surface area contributed by atoms with Gasteiger partial charge in [-0.05, 0) is 42.5 Å². The van der Waals surface area contributed by atoms with Gasteiger partial charge in [0.2, 0.25) is 0 Å². The van der Waals surface area contributed by atoms with Gasteiger partial charge in [-0.25, -0.2) is 0 Å². The highest BCUT2D eigenvalue weighted by molar-refractivity contribution is 6.17. The van der Waals surface area contributed by atoms with Gasteiger partial charge in [-0.1, -0.05) is 19.9 Å². The standard InChI is InChI=1S/C13H19ClO/c1-10(2)13-6-5-12(9-11(13)3)15-8-4-7-14/h5-6,9-10H,4,7-8H2,1-3H3. The molecule has 0 amide bonds. The lowest BCUT2D eigenvalue weighted by Gasteiger charge is -2.12. The van der Waals surface area contributed by atoms with E-state index in [1.807, 2.05) is 6.07 Å². The molecule has 0 aliphatic rings. The second-order valence-electron chi connectivity index (χ2n) is 4.06. The topological polar surface area (TPSA) is 9.23 Å². The van der Waals surface area contributed by atoms with Crippen molar-refractivity contribution in [3.8, 4) is 5.75 Å². The van der Waals surface area contributed by atoms with Crippen molar-refractivity contribution in [2.24, 2.45) is 0 Å². The molecule has 15 heavy (non-hydrogen) atoms. The van der Waals surface area contributed by atoms with E-state index >= 15 is 0 Å².